The van der Waals surface area contributed by atoms with Crippen molar-refractivity contribution in [2.75, 3.05) is 5.32 Å². The maximum absolute atomic E-state index is 3.81. The molecule has 1 nitrogen and oxygen atoms in total. The third-order valence-corrected chi connectivity index (χ3v) is 1.73. The van der Waals surface area contributed by atoms with E-state index in [1.54, 1.807) is 0 Å². The number of hydrogen-bond acceptors (Lipinski definition) is 1. The van der Waals surface area contributed by atoms with Crippen molar-refractivity contribution >= 4 is 5.69 Å². The lowest BCUT2D eigenvalue weighted by Gasteiger charge is -2.09. The van der Waals surface area contributed by atoms with E-state index in [0.29, 0.717) is 0 Å². The molecule has 0 heterocycles. The van der Waals surface area contributed by atoms with E-state index in [0.717, 1.165) is 17.8 Å². The lowest BCUT2D eigenvalue weighted by molar-refractivity contribution is 1.25. The van der Waals surface area contributed by atoms with Crippen molar-refractivity contribution in [1.29, 1.82) is 0 Å². The number of benzene rings is 1. The number of rotatable bonds is 4. The Morgan fingerprint density at radius 1 is 1.46 bits per heavy atom. The highest BCUT2D eigenvalue weighted by molar-refractivity contribution is 5.54. The maximum atomic E-state index is 3.81. The van der Waals surface area contributed by atoms with Crippen LogP contribution in [0.4, 0.5) is 5.69 Å². The molecule has 0 radical (unpaired) electrons. The van der Waals surface area contributed by atoms with Gasteiger partial charge in [0, 0.05) is 11.4 Å². The quantitative estimate of drug-likeness (QED) is 0.688. The molecule has 0 aliphatic rings. The van der Waals surface area contributed by atoms with Gasteiger partial charge < -0.3 is 5.32 Å². The van der Waals surface area contributed by atoms with Crippen molar-refractivity contribution in [2.45, 2.75) is 13.3 Å². The molecule has 0 aliphatic heterocycles. The monoisotopic (exact) mass is 173 g/mol. The van der Waals surface area contributed by atoms with Gasteiger partial charge in [0.15, 0.2) is 0 Å². The minimum atomic E-state index is 0.885. The van der Waals surface area contributed by atoms with Crippen LogP contribution in [-0.4, -0.2) is 0 Å². The first kappa shape index (κ1) is 9.59. The average molecular weight is 173 g/mol. The highest BCUT2D eigenvalue weighted by Gasteiger charge is 1.97. The maximum Gasteiger partial charge on any atom is 0.0417 e. The molecule has 1 N–H and O–H groups in total. The zero-order valence-electron chi connectivity index (χ0n) is 8.01. The number of hydrogen-bond donors (Lipinski definition) is 1. The van der Waals surface area contributed by atoms with Crippen LogP contribution in [0.25, 0.3) is 0 Å². The van der Waals surface area contributed by atoms with Gasteiger partial charge in [-0.1, -0.05) is 30.9 Å². The molecule has 0 aliphatic carbocycles. The first-order valence-electron chi connectivity index (χ1n) is 4.35. The zero-order chi connectivity index (χ0) is 9.68. The minimum absolute atomic E-state index is 0.885. The molecule has 1 aromatic rings. The Morgan fingerprint density at radius 3 is 2.77 bits per heavy atom. The number of nitrogens with one attached hydrogen (secondary N) is 1. The topological polar surface area (TPSA) is 12.0 Å². The van der Waals surface area contributed by atoms with Crippen molar-refractivity contribution in [3.63, 3.8) is 0 Å². The van der Waals surface area contributed by atoms with E-state index >= 15 is 0 Å². The van der Waals surface area contributed by atoms with E-state index in [9.17, 15) is 0 Å². The molecular weight excluding hydrogens is 158 g/mol. The van der Waals surface area contributed by atoms with Crippen molar-refractivity contribution in [2.24, 2.45) is 0 Å². The second-order valence-corrected chi connectivity index (χ2v) is 3.06. The molecule has 1 heteroatoms. The van der Waals surface area contributed by atoms with E-state index in [2.05, 4.69) is 24.5 Å². The summed E-state index contributed by atoms with van der Waals surface area (Å²) in [5.74, 6) is 0. The van der Waals surface area contributed by atoms with E-state index in [1.807, 2.05) is 31.2 Å². The second kappa shape index (κ2) is 4.51. The predicted octanol–water partition coefficient (Wildman–Crippen LogP) is 3.36. The van der Waals surface area contributed by atoms with Gasteiger partial charge in [0.2, 0.25) is 0 Å². The van der Waals surface area contributed by atoms with Crippen molar-refractivity contribution in [3.8, 4) is 0 Å². The van der Waals surface area contributed by atoms with Crippen LogP contribution in [0.1, 0.15) is 12.5 Å². The number of anilines is 1. The molecule has 0 aromatic heterocycles. The molecular formula is C12H15N. The Morgan fingerprint density at radius 2 is 2.15 bits per heavy atom. The van der Waals surface area contributed by atoms with Crippen molar-refractivity contribution in [3.05, 3.63) is 54.8 Å². The van der Waals surface area contributed by atoms with E-state index in [-0.39, 0.29) is 0 Å². The third kappa shape index (κ3) is 2.79. The predicted molar refractivity (Wildman–Crippen MR) is 58.8 cm³/mol. The lowest BCUT2D eigenvalue weighted by atomic mass is 10.1. The Bertz CT molecular complexity index is 313. The summed E-state index contributed by atoms with van der Waals surface area (Å²) in [5, 5.41) is 3.22. The summed E-state index contributed by atoms with van der Waals surface area (Å²) in [5.41, 5.74) is 3.33. The third-order valence-electron chi connectivity index (χ3n) is 1.73. The molecule has 0 bridgehead atoms. The zero-order valence-corrected chi connectivity index (χ0v) is 8.01. The van der Waals surface area contributed by atoms with Gasteiger partial charge in [0.25, 0.3) is 0 Å². The van der Waals surface area contributed by atoms with Gasteiger partial charge in [-0.15, -0.1) is 6.58 Å². The molecule has 1 rings (SSSR count). The van der Waals surface area contributed by atoms with Gasteiger partial charge in [0.1, 0.15) is 0 Å². The Kier molecular flexibility index (Phi) is 3.32. The van der Waals surface area contributed by atoms with Gasteiger partial charge in [-0.05, 0) is 25.0 Å². The standard InChI is InChI=1S/C12H15N/c1-4-7-11-8-5-6-9-12(11)13-10(2)3/h4-6,8-9,13H,1-2,7H2,3H3. The van der Waals surface area contributed by atoms with E-state index in [1.165, 1.54) is 5.56 Å². The van der Waals surface area contributed by atoms with Gasteiger partial charge in [-0.25, -0.2) is 0 Å². The fourth-order valence-corrected chi connectivity index (χ4v) is 1.21. The number of allylic oxidation sites excluding steroid dienone is 2. The Hall–Kier alpha value is -1.50. The van der Waals surface area contributed by atoms with Crippen LogP contribution in [0.15, 0.2) is 49.2 Å². The molecule has 13 heavy (non-hydrogen) atoms. The summed E-state index contributed by atoms with van der Waals surface area (Å²) in [4.78, 5) is 0. The van der Waals surface area contributed by atoms with Crippen LogP contribution < -0.4 is 5.32 Å². The van der Waals surface area contributed by atoms with Crippen LogP contribution in [-0.2, 0) is 6.42 Å². The molecule has 0 atom stereocenters. The second-order valence-electron chi connectivity index (χ2n) is 3.06. The normalized spacial score (nSPS) is 9.31. The largest absolute Gasteiger partial charge is 0.359 e. The molecule has 0 unspecified atom stereocenters. The van der Waals surface area contributed by atoms with Gasteiger partial charge in [-0.2, -0.15) is 0 Å². The summed E-state index contributed by atoms with van der Waals surface area (Å²) in [6, 6.07) is 8.18. The lowest BCUT2D eigenvalue weighted by Crippen LogP contribution is -1.97. The molecule has 0 saturated carbocycles. The van der Waals surface area contributed by atoms with Crippen molar-refractivity contribution < 1.29 is 0 Å². The van der Waals surface area contributed by atoms with Crippen LogP contribution >= 0.6 is 0 Å². The van der Waals surface area contributed by atoms with Crippen molar-refractivity contribution in [1.82, 2.24) is 0 Å². The van der Waals surface area contributed by atoms with Gasteiger partial charge in [0.05, 0.1) is 0 Å². The number of para-hydroxylation sites is 1. The molecule has 68 valence electrons. The van der Waals surface area contributed by atoms with Crippen LogP contribution in [0.3, 0.4) is 0 Å². The average Bonchev–Trinajstić information content (AvgIpc) is 2.08. The summed E-state index contributed by atoms with van der Waals surface area (Å²) < 4.78 is 0. The van der Waals surface area contributed by atoms with E-state index < -0.39 is 0 Å². The van der Waals surface area contributed by atoms with Gasteiger partial charge >= 0.3 is 0 Å². The highest BCUT2D eigenvalue weighted by Crippen LogP contribution is 2.17. The first-order chi connectivity index (χ1) is 6.24. The fourth-order valence-electron chi connectivity index (χ4n) is 1.21. The molecule has 0 spiro atoms. The Balaban J connectivity index is 2.90. The molecule has 0 fully saturated rings. The summed E-state index contributed by atoms with van der Waals surface area (Å²) in [6.07, 6.45) is 2.79. The minimum Gasteiger partial charge on any atom is -0.359 e. The summed E-state index contributed by atoms with van der Waals surface area (Å²) in [7, 11) is 0. The van der Waals surface area contributed by atoms with Crippen LogP contribution in [0.2, 0.25) is 0 Å². The summed E-state index contributed by atoms with van der Waals surface area (Å²) in [6.45, 7) is 9.49. The highest BCUT2D eigenvalue weighted by atomic mass is 14.9. The van der Waals surface area contributed by atoms with Gasteiger partial charge in [-0.3, -0.25) is 0 Å². The molecule has 1 aromatic carbocycles. The molecule has 0 amide bonds. The van der Waals surface area contributed by atoms with E-state index in [4.69, 9.17) is 0 Å². The molecule has 0 saturated heterocycles. The fraction of sp³-hybridized carbons (Fsp3) is 0.167. The summed E-state index contributed by atoms with van der Waals surface area (Å²) >= 11 is 0. The van der Waals surface area contributed by atoms with Crippen LogP contribution in [0.5, 0.6) is 0 Å². The smallest absolute Gasteiger partial charge is 0.0417 e. The van der Waals surface area contributed by atoms with Crippen LogP contribution in [0, 0.1) is 0 Å². The Labute approximate surface area is 79.8 Å². The first-order valence-corrected chi connectivity index (χ1v) is 4.35. The SMILES string of the molecule is C=CCc1ccccc1NC(=C)C.